The third-order valence-electron chi connectivity index (χ3n) is 3.33. The molecule has 18 heavy (non-hydrogen) atoms. The van der Waals surface area contributed by atoms with Crippen molar-refractivity contribution < 1.29 is 13.9 Å². The van der Waals surface area contributed by atoms with Crippen LogP contribution in [0.1, 0.15) is 18.4 Å². The number of likely N-dealkylation sites (tertiary alicyclic amines) is 1. The Morgan fingerprint density at radius 1 is 1.33 bits per heavy atom. The Bertz CT molecular complexity index is 396. The Balaban J connectivity index is 2.04. The molecule has 0 radical (unpaired) electrons. The first-order chi connectivity index (χ1) is 8.41. The summed E-state index contributed by atoms with van der Waals surface area (Å²) in [4.78, 5) is -1.37. The fourth-order valence-corrected chi connectivity index (χ4v) is 2.65. The van der Waals surface area contributed by atoms with Crippen molar-refractivity contribution in [3.63, 3.8) is 0 Å². The molecule has 0 aromatic heterocycles. The van der Waals surface area contributed by atoms with Crippen molar-refractivity contribution in [3.8, 4) is 0 Å². The van der Waals surface area contributed by atoms with Crippen molar-refractivity contribution in [2.24, 2.45) is 0 Å². The molecule has 1 atom stereocenters. The third kappa shape index (κ3) is 3.08. The van der Waals surface area contributed by atoms with Crippen LogP contribution in [-0.2, 0) is 6.54 Å². The second kappa shape index (κ2) is 5.23. The molecule has 5 heteroatoms. The van der Waals surface area contributed by atoms with Gasteiger partial charge < -0.3 is 5.11 Å². The van der Waals surface area contributed by atoms with Gasteiger partial charge in [0.15, 0.2) is 5.60 Å². The van der Waals surface area contributed by atoms with Gasteiger partial charge in [-0.05, 0) is 40.9 Å². The van der Waals surface area contributed by atoms with Gasteiger partial charge in [-0.3, -0.25) is 4.90 Å². The highest BCUT2D eigenvalue weighted by Gasteiger charge is 2.52. The van der Waals surface area contributed by atoms with Gasteiger partial charge in [0.25, 0.3) is 0 Å². The van der Waals surface area contributed by atoms with E-state index in [2.05, 4.69) is 15.9 Å². The zero-order valence-electron chi connectivity index (χ0n) is 9.95. The molecule has 0 saturated carbocycles. The average molecular weight is 320 g/mol. The van der Waals surface area contributed by atoms with E-state index < -0.39 is 10.4 Å². The molecule has 1 aromatic carbocycles. The predicted molar refractivity (Wildman–Crippen MR) is 69.8 cm³/mol. The molecule has 1 heterocycles. The maximum Gasteiger partial charge on any atom is 0.330 e. The van der Waals surface area contributed by atoms with E-state index in [9.17, 15) is 13.9 Å². The number of hydrogen-bond acceptors (Lipinski definition) is 2. The quantitative estimate of drug-likeness (QED) is 0.866. The molecular weight excluding hydrogens is 304 g/mol. The minimum atomic E-state index is -3.24. The summed E-state index contributed by atoms with van der Waals surface area (Å²) in [6, 6.07) is 9.68. The summed E-state index contributed by atoms with van der Waals surface area (Å²) in [6.07, 6.45) is 0.695. The average Bonchev–Trinajstić information content (AvgIpc) is 2.29. The second-order valence-corrected chi connectivity index (χ2v) is 5.83. The van der Waals surface area contributed by atoms with Crippen LogP contribution in [0, 0.1) is 0 Å². The molecule has 1 unspecified atom stereocenters. The number of hydrogen-bond donors (Lipinski definition) is 1. The van der Waals surface area contributed by atoms with Gasteiger partial charge in [-0.1, -0.05) is 30.3 Å². The molecule has 0 bridgehead atoms. The Hall–Kier alpha value is -0.520. The summed E-state index contributed by atoms with van der Waals surface area (Å²) < 4.78 is 26.7. The lowest BCUT2D eigenvalue weighted by atomic mass is 9.93. The molecule has 2 rings (SSSR count). The lowest BCUT2D eigenvalue weighted by molar-refractivity contribution is -0.148. The Morgan fingerprint density at radius 2 is 2.00 bits per heavy atom. The van der Waals surface area contributed by atoms with Gasteiger partial charge in [-0.2, -0.15) is 8.78 Å². The number of β-amino-alcohol motifs (C(OH)–C–C–N with tert-alkyl or cyclic N) is 1. The van der Waals surface area contributed by atoms with Gasteiger partial charge in [0, 0.05) is 13.1 Å². The summed E-state index contributed by atoms with van der Waals surface area (Å²) in [6.45, 7) is 1.31. The first kappa shape index (κ1) is 13.9. The van der Waals surface area contributed by atoms with Crippen LogP contribution >= 0.6 is 15.9 Å². The van der Waals surface area contributed by atoms with Gasteiger partial charge in [0.05, 0.1) is 0 Å². The second-order valence-electron chi connectivity index (χ2n) is 4.83. The van der Waals surface area contributed by atoms with Gasteiger partial charge in [-0.25, -0.2) is 0 Å². The van der Waals surface area contributed by atoms with Gasteiger partial charge >= 0.3 is 4.83 Å². The third-order valence-corrected chi connectivity index (χ3v) is 4.06. The van der Waals surface area contributed by atoms with Crippen LogP contribution in [0.2, 0.25) is 0 Å². The fourth-order valence-electron chi connectivity index (χ4n) is 2.33. The molecule has 1 saturated heterocycles. The van der Waals surface area contributed by atoms with Crippen molar-refractivity contribution in [2.45, 2.75) is 29.8 Å². The van der Waals surface area contributed by atoms with E-state index in [-0.39, 0.29) is 13.0 Å². The SMILES string of the molecule is OC1(C(F)(F)Br)CCCN(Cc2ccccc2)C1. The number of nitrogens with zero attached hydrogens (tertiary/aromatic N) is 1. The summed E-state index contributed by atoms with van der Waals surface area (Å²) in [5, 5.41) is 10.0. The largest absolute Gasteiger partial charge is 0.381 e. The van der Waals surface area contributed by atoms with Gasteiger partial charge in [-0.15, -0.1) is 0 Å². The first-order valence-electron chi connectivity index (χ1n) is 5.96. The minimum Gasteiger partial charge on any atom is -0.381 e. The normalized spacial score (nSPS) is 26.2. The monoisotopic (exact) mass is 319 g/mol. The van der Waals surface area contributed by atoms with E-state index in [1.165, 1.54) is 0 Å². The summed E-state index contributed by atoms with van der Waals surface area (Å²) in [7, 11) is 0. The molecular formula is C13H16BrF2NO. The number of piperidine rings is 1. The fraction of sp³-hybridized carbons (Fsp3) is 0.538. The van der Waals surface area contributed by atoms with Crippen molar-refractivity contribution in [3.05, 3.63) is 35.9 Å². The van der Waals surface area contributed by atoms with Gasteiger partial charge in [0.2, 0.25) is 0 Å². The number of halogens is 3. The smallest absolute Gasteiger partial charge is 0.330 e. The molecule has 1 fully saturated rings. The molecule has 1 aliphatic rings. The van der Waals surface area contributed by atoms with Crippen molar-refractivity contribution in [2.75, 3.05) is 13.1 Å². The van der Waals surface area contributed by atoms with Crippen molar-refractivity contribution in [1.82, 2.24) is 4.90 Å². The zero-order chi connectivity index (χ0) is 13.2. The molecule has 2 nitrogen and oxygen atoms in total. The Morgan fingerprint density at radius 3 is 2.61 bits per heavy atom. The van der Waals surface area contributed by atoms with E-state index in [0.717, 1.165) is 12.1 Å². The maximum atomic E-state index is 13.3. The number of aliphatic hydroxyl groups is 1. The van der Waals surface area contributed by atoms with E-state index in [1.807, 2.05) is 35.2 Å². The van der Waals surface area contributed by atoms with Crippen LogP contribution in [0.25, 0.3) is 0 Å². The molecule has 0 amide bonds. The molecule has 1 aliphatic heterocycles. The summed E-state index contributed by atoms with van der Waals surface area (Å²) in [5.74, 6) is 0. The van der Waals surface area contributed by atoms with E-state index in [0.29, 0.717) is 13.0 Å². The van der Waals surface area contributed by atoms with E-state index >= 15 is 0 Å². The lowest BCUT2D eigenvalue weighted by Gasteiger charge is -2.41. The topological polar surface area (TPSA) is 23.5 Å². The highest BCUT2D eigenvalue weighted by atomic mass is 79.9. The van der Waals surface area contributed by atoms with Crippen molar-refractivity contribution in [1.29, 1.82) is 0 Å². The van der Waals surface area contributed by atoms with Crippen LogP contribution in [0.4, 0.5) is 8.78 Å². The molecule has 100 valence electrons. The zero-order valence-corrected chi connectivity index (χ0v) is 11.5. The Labute approximate surface area is 114 Å². The van der Waals surface area contributed by atoms with Crippen LogP contribution in [-0.4, -0.2) is 33.5 Å². The molecule has 1 N–H and O–H groups in total. The van der Waals surface area contributed by atoms with Crippen molar-refractivity contribution >= 4 is 15.9 Å². The maximum absolute atomic E-state index is 13.3. The number of rotatable bonds is 3. The predicted octanol–water partition coefficient (Wildman–Crippen LogP) is 3.00. The van der Waals surface area contributed by atoms with Crippen LogP contribution in [0.3, 0.4) is 0 Å². The van der Waals surface area contributed by atoms with Crippen LogP contribution in [0.15, 0.2) is 30.3 Å². The van der Waals surface area contributed by atoms with Crippen LogP contribution < -0.4 is 0 Å². The molecule has 0 aliphatic carbocycles. The summed E-state index contributed by atoms with van der Waals surface area (Å²) >= 11 is 2.30. The lowest BCUT2D eigenvalue weighted by Crippen LogP contribution is -2.55. The number of alkyl halides is 3. The Kier molecular flexibility index (Phi) is 4.04. The first-order valence-corrected chi connectivity index (χ1v) is 6.75. The van der Waals surface area contributed by atoms with E-state index in [1.54, 1.807) is 0 Å². The highest BCUT2D eigenvalue weighted by molar-refractivity contribution is 9.10. The minimum absolute atomic E-state index is 0.0137. The number of benzene rings is 1. The molecule has 0 spiro atoms. The van der Waals surface area contributed by atoms with Gasteiger partial charge in [0.1, 0.15) is 0 Å². The molecule has 1 aromatic rings. The standard InChI is InChI=1S/C13H16BrF2NO/c14-13(15,16)12(18)7-4-8-17(10-12)9-11-5-2-1-3-6-11/h1-3,5-6,18H,4,7-10H2. The van der Waals surface area contributed by atoms with E-state index in [4.69, 9.17) is 0 Å². The van der Waals surface area contributed by atoms with Crippen LogP contribution in [0.5, 0.6) is 0 Å². The summed E-state index contributed by atoms with van der Waals surface area (Å²) in [5.41, 5.74) is -0.903. The highest BCUT2D eigenvalue weighted by Crippen LogP contribution is 2.40.